The summed E-state index contributed by atoms with van der Waals surface area (Å²) < 4.78 is 10.7. The molecule has 0 fully saturated rings. The summed E-state index contributed by atoms with van der Waals surface area (Å²) in [5.41, 5.74) is 1.52. The van der Waals surface area contributed by atoms with Crippen LogP contribution in [0, 0.1) is 17.2 Å². The van der Waals surface area contributed by atoms with Crippen molar-refractivity contribution in [3.63, 3.8) is 0 Å². The Balaban J connectivity index is 1.99. The van der Waals surface area contributed by atoms with E-state index in [0.29, 0.717) is 10.0 Å². The van der Waals surface area contributed by atoms with Crippen molar-refractivity contribution >= 4 is 23.2 Å². The summed E-state index contributed by atoms with van der Waals surface area (Å²) in [6.07, 6.45) is 2.56. The summed E-state index contributed by atoms with van der Waals surface area (Å²) in [7, 11) is 5.43. The van der Waals surface area contributed by atoms with Crippen LogP contribution in [0.1, 0.15) is 37.8 Å². The number of hydrogen-bond acceptors (Lipinski definition) is 4. The number of likely N-dealkylation sites (N-methyl/N-ethyl adjacent to an activating group) is 1. The Kier molecular flexibility index (Phi) is 9.50. The van der Waals surface area contributed by atoms with E-state index in [9.17, 15) is 5.26 Å². The summed E-state index contributed by atoms with van der Waals surface area (Å²) in [4.78, 5) is 2.29. The average Bonchev–Trinajstić information content (AvgIpc) is 2.76. The van der Waals surface area contributed by atoms with Crippen molar-refractivity contribution in [3.05, 3.63) is 57.6 Å². The van der Waals surface area contributed by atoms with Gasteiger partial charge in [-0.15, -0.1) is 0 Å². The predicted octanol–water partition coefficient (Wildman–Crippen LogP) is 6.38. The highest BCUT2D eigenvalue weighted by atomic mass is 35.5. The third kappa shape index (κ3) is 6.53. The van der Waals surface area contributed by atoms with Crippen molar-refractivity contribution in [3.8, 4) is 17.6 Å². The second-order valence-corrected chi connectivity index (χ2v) is 9.06. The van der Waals surface area contributed by atoms with Gasteiger partial charge in [0.2, 0.25) is 0 Å². The van der Waals surface area contributed by atoms with Crippen LogP contribution in [0.15, 0.2) is 36.4 Å². The Hall–Kier alpha value is -1.93. The first kappa shape index (κ1) is 25.3. The number of hydrogen-bond donors (Lipinski definition) is 0. The normalized spacial score (nSPS) is 13.2. The molecule has 0 N–H and O–H groups in total. The molecule has 31 heavy (non-hydrogen) atoms. The van der Waals surface area contributed by atoms with Gasteiger partial charge in [-0.2, -0.15) is 5.26 Å². The van der Waals surface area contributed by atoms with Crippen molar-refractivity contribution in [2.75, 3.05) is 34.4 Å². The molecule has 0 spiro atoms. The van der Waals surface area contributed by atoms with E-state index in [1.54, 1.807) is 20.3 Å². The number of halogens is 2. The van der Waals surface area contributed by atoms with Crippen molar-refractivity contribution in [2.45, 2.75) is 38.5 Å². The highest BCUT2D eigenvalue weighted by molar-refractivity contribution is 6.42. The molecular weight excluding hydrogens is 431 g/mol. The van der Waals surface area contributed by atoms with E-state index in [2.05, 4.69) is 31.9 Å². The number of nitrogens with zero attached hydrogens (tertiary/aromatic N) is 2. The van der Waals surface area contributed by atoms with Gasteiger partial charge in [0.05, 0.1) is 35.7 Å². The van der Waals surface area contributed by atoms with Crippen LogP contribution >= 0.6 is 23.2 Å². The van der Waals surface area contributed by atoms with Crippen LogP contribution in [0.5, 0.6) is 11.5 Å². The lowest BCUT2D eigenvalue weighted by atomic mass is 9.70. The minimum Gasteiger partial charge on any atom is -0.497 e. The summed E-state index contributed by atoms with van der Waals surface area (Å²) in [5.74, 6) is 1.76. The second kappa shape index (κ2) is 11.6. The topological polar surface area (TPSA) is 45.5 Å². The first-order chi connectivity index (χ1) is 14.7. The molecule has 4 nitrogen and oxygen atoms in total. The zero-order chi connectivity index (χ0) is 23.0. The Morgan fingerprint density at radius 2 is 1.65 bits per heavy atom. The molecule has 2 aromatic carbocycles. The lowest BCUT2D eigenvalue weighted by Crippen LogP contribution is -2.32. The molecule has 1 unspecified atom stereocenters. The smallest absolute Gasteiger partial charge is 0.122 e. The van der Waals surface area contributed by atoms with E-state index < -0.39 is 5.41 Å². The van der Waals surface area contributed by atoms with Crippen LogP contribution in [0.2, 0.25) is 10.0 Å². The van der Waals surface area contributed by atoms with Gasteiger partial charge in [-0.25, -0.2) is 0 Å². The molecule has 0 saturated heterocycles. The summed E-state index contributed by atoms with van der Waals surface area (Å²) in [6.45, 7) is 5.99. The average molecular weight is 463 g/mol. The number of benzene rings is 2. The maximum Gasteiger partial charge on any atom is 0.122 e. The van der Waals surface area contributed by atoms with Gasteiger partial charge in [-0.3, -0.25) is 0 Å². The highest BCUT2D eigenvalue weighted by Crippen LogP contribution is 2.39. The summed E-state index contributed by atoms with van der Waals surface area (Å²) in [6, 6.07) is 14.1. The molecule has 2 aromatic rings. The lowest BCUT2D eigenvalue weighted by Gasteiger charge is -2.32. The zero-order valence-electron chi connectivity index (χ0n) is 19.0. The molecule has 0 bridgehead atoms. The Bertz CT molecular complexity index is 889. The Morgan fingerprint density at radius 3 is 2.16 bits per heavy atom. The fourth-order valence-corrected chi connectivity index (χ4v) is 4.16. The molecule has 0 saturated carbocycles. The first-order valence-corrected chi connectivity index (χ1v) is 11.3. The van der Waals surface area contributed by atoms with Crippen LogP contribution in [-0.4, -0.2) is 39.3 Å². The quantitative estimate of drug-likeness (QED) is 0.388. The lowest BCUT2D eigenvalue weighted by molar-refractivity contribution is 0.293. The van der Waals surface area contributed by atoms with Gasteiger partial charge in [0.25, 0.3) is 0 Å². The Morgan fingerprint density at radius 1 is 1.00 bits per heavy atom. The van der Waals surface area contributed by atoms with Crippen molar-refractivity contribution in [2.24, 2.45) is 5.92 Å². The molecule has 0 radical (unpaired) electrons. The van der Waals surface area contributed by atoms with Crippen molar-refractivity contribution < 1.29 is 9.47 Å². The van der Waals surface area contributed by atoms with Gasteiger partial charge in [0, 0.05) is 12.6 Å². The van der Waals surface area contributed by atoms with Crippen LogP contribution in [0.3, 0.4) is 0 Å². The van der Waals surface area contributed by atoms with Crippen LogP contribution in [0.4, 0.5) is 0 Å². The maximum absolute atomic E-state index is 10.1. The summed E-state index contributed by atoms with van der Waals surface area (Å²) in [5, 5.41) is 11.1. The van der Waals surface area contributed by atoms with E-state index in [4.69, 9.17) is 32.7 Å². The summed E-state index contributed by atoms with van der Waals surface area (Å²) >= 11 is 12.3. The van der Waals surface area contributed by atoms with Crippen LogP contribution < -0.4 is 9.47 Å². The molecule has 0 aromatic heterocycles. The fraction of sp³-hybridized carbons (Fsp3) is 0.480. The minimum absolute atomic E-state index is 0.157. The monoisotopic (exact) mass is 462 g/mol. The third-order valence-electron chi connectivity index (χ3n) is 5.92. The van der Waals surface area contributed by atoms with Gasteiger partial charge in [-0.05, 0) is 74.2 Å². The van der Waals surface area contributed by atoms with Gasteiger partial charge < -0.3 is 14.4 Å². The fourth-order valence-electron chi connectivity index (χ4n) is 3.86. The van der Waals surface area contributed by atoms with Gasteiger partial charge in [0.1, 0.15) is 11.5 Å². The molecule has 0 amide bonds. The minimum atomic E-state index is -0.588. The van der Waals surface area contributed by atoms with E-state index in [1.165, 1.54) is 5.56 Å². The number of rotatable bonds is 11. The maximum atomic E-state index is 10.1. The number of nitriles is 1. The molecule has 1 atom stereocenters. The largest absolute Gasteiger partial charge is 0.497 e. The van der Waals surface area contributed by atoms with Crippen LogP contribution in [0.25, 0.3) is 0 Å². The van der Waals surface area contributed by atoms with Gasteiger partial charge in [-0.1, -0.05) is 43.1 Å². The molecular formula is C25H32Cl2N2O2. The number of methoxy groups -OCH3 is 2. The van der Waals surface area contributed by atoms with E-state index in [-0.39, 0.29) is 5.92 Å². The standard InChI is InChI=1S/C25H32Cl2N2O2/c1-18(2)25(17-28,20-7-8-23(26)24(27)15-20)10-6-11-29(3)12-9-19-13-21(30-4)16-22(14-19)31-5/h7-8,13-16,18H,6,9-12H2,1-5H3. The first-order valence-electron chi connectivity index (χ1n) is 10.5. The molecule has 168 valence electrons. The third-order valence-corrected chi connectivity index (χ3v) is 6.66. The highest BCUT2D eigenvalue weighted by Gasteiger charge is 2.36. The molecule has 0 aliphatic rings. The van der Waals surface area contributed by atoms with Crippen molar-refractivity contribution in [1.29, 1.82) is 5.26 Å². The SMILES string of the molecule is COc1cc(CCN(C)CCCC(C#N)(c2ccc(Cl)c(Cl)c2)C(C)C)cc(OC)c1. The van der Waals surface area contributed by atoms with Gasteiger partial charge in [0.15, 0.2) is 0 Å². The van der Waals surface area contributed by atoms with E-state index in [1.807, 2.05) is 30.3 Å². The predicted molar refractivity (Wildman–Crippen MR) is 129 cm³/mol. The van der Waals surface area contributed by atoms with E-state index >= 15 is 0 Å². The second-order valence-electron chi connectivity index (χ2n) is 8.24. The number of ether oxygens (including phenoxy) is 2. The molecule has 2 rings (SSSR count). The molecule has 0 aliphatic carbocycles. The van der Waals surface area contributed by atoms with Crippen LogP contribution in [-0.2, 0) is 11.8 Å². The van der Waals surface area contributed by atoms with Gasteiger partial charge >= 0.3 is 0 Å². The molecule has 0 aliphatic heterocycles. The van der Waals surface area contributed by atoms with E-state index in [0.717, 1.165) is 49.4 Å². The van der Waals surface area contributed by atoms with Crippen molar-refractivity contribution in [1.82, 2.24) is 4.90 Å². The Labute approximate surface area is 196 Å². The molecule has 6 heteroatoms. The molecule has 0 heterocycles. The zero-order valence-corrected chi connectivity index (χ0v) is 20.6.